The lowest BCUT2D eigenvalue weighted by molar-refractivity contribution is -0.117. The molecule has 4 nitrogen and oxygen atoms in total. The second-order valence-electron chi connectivity index (χ2n) is 4.22. The maximum absolute atomic E-state index is 11.0. The third-order valence-corrected chi connectivity index (χ3v) is 2.61. The fourth-order valence-corrected chi connectivity index (χ4v) is 1.78. The van der Waals surface area contributed by atoms with Gasteiger partial charge in [0.1, 0.15) is 16.8 Å². The Morgan fingerprint density at radius 1 is 1.44 bits per heavy atom. The fourth-order valence-electron chi connectivity index (χ4n) is 1.78. The first-order valence-corrected chi connectivity index (χ1v) is 5.39. The third-order valence-electron chi connectivity index (χ3n) is 2.61. The van der Waals surface area contributed by atoms with Gasteiger partial charge in [0.15, 0.2) is 0 Å². The molecule has 0 fully saturated rings. The van der Waals surface area contributed by atoms with Gasteiger partial charge in [-0.3, -0.25) is 4.79 Å². The smallest absolute Gasteiger partial charge is 0.132 e. The van der Waals surface area contributed by atoms with Gasteiger partial charge in [0.05, 0.1) is 6.04 Å². The Labute approximate surface area is 94.3 Å². The van der Waals surface area contributed by atoms with Crippen molar-refractivity contribution in [2.75, 3.05) is 0 Å². The monoisotopic (exact) mass is 217 g/mol. The lowest BCUT2D eigenvalue weighted by Crippen LogP contribution is -2.11. The SMILES string of the molecule is CC(=O)CC(C)n1nc2cccc(C)c2n1. The van der Waals surface area contributed by atoms with Crippen molar-refractivity contribution >= 4 is 16.8 Å². The summed E-state index contributed by atoms with van der Waals surface area (Å²) in [6.45, 7) is 5.55. The van der Waals surface area contributed by atoms with Gasteiger partial charge in [0.2, 0.25) is 0 Å². The van der Waals surface area contributed by atoms with Crippen LogP contribution in [0.5, 0.6) is 0 Å². The standard InChI is InChI=1S/C12H15N3O/c1-8-5-4-6-11-12(8)14-15(13-11)9(2)7-10(3)16/h4-6,9H,7H2,1-3H3. The van der Waals surface area contributed by atoms with E-state index in [9.17, 15) is 4.79 Å². The van der Waals surface area contributed by atoms with E-state index >= 15 is 0 Å². The second-order valence-corrected chi connectivity index (χ2v) is 4.22. The minimum absolute atomic E-state index is 0.0179. The molecular formula is C12H15N3O. The average Bonchev–Trinajstić information content (AvgIpc) is 2.61. The van der Waals surface area contributed by atoms with Gasteiger partial charge in [-0.1, -0.05) is 12.1 Å². The number of carbonyl (C=O) groups excluding carboxylic acids is 1. The number of benzene rings is 1. The van der Waals surface area contributed by atoms with Crippen molar-refractivity contribution in [3.8, 4) is 0 Å². The molecule has 84 valence electrons. The predicted octanol–water partition coefficient (Wildman–Crippen LogP) is 2.28. The highest BCUT2D eigenvalue weighted by molar-refractivity contribution is 5.77. The molecule has 0 aliphatic heterocycles. The first-order valence-electron chi connectivity index (χ1n) is 5.39. The molecule has 0 saturated carbocycles. The first-order chi connectivity index (χ1) is 7.58. The molecule has 16 heavy (non-hydrogen) atoms. The number of fused-ring (bicyclic) bond motifs is 1. The van der Waals surface area contributed by atoms with Gasteiger partial charge in [0, 0.05) is 6.42 Å². The zero-order valence-corrected chi connectivity index (χ0v) is 9.77. The van der Waals surface area contributed by atoms with Crippen LogP contribution in [0, 0.1) is 6.92 Å². The third kappa shape index (κ3) is 1.96. The number of hydrogen-bond donors (Lipinski definition) is 0. The van der Waals surface area contributed by atoms with E-state index in [-0.39, 0.29) is 11.8 Å². The van der Waals surface area contributed by atoms with Gasteiger partial charge < -0.3 is 0 Å². The van der Waals surface area contributed by atoms with E-state index < -0.39 is 0 Å². The minimum atomic E-state index is 0.0179. The highest BCUT2D eigenvalue weighted by Crippen LogP contribution is 2.16. The zero-order chi connectivity index (χ0) is 11.7. The number of aromatic nitrogens is 3. The number of Topliss-reactive ketones (excluding diaryl/α,β-unsaturated/α-hetero) is 1. The number of nitrogens with zero attached hydrogens (tertiary/aromatic N) is 3. The Kier molecular flexibility index (Phi) is 2.73. The van der Waals surface area contributed by atoms with Crippen LogP contribution in [0.4, 0.5) is 0 Å². The van der Waals surface area contributed by atoms with Crippen molar-refractivity contribution in [3.05, 3.63) is 23.8 Å². The van der Waals surface area contributed by atoms with Crippen molar-refractivity contribution in [2.45, 2.75) is 33.2 Å². The Hall–Kier alpha value is -1.71. The first kappa shape index (κ1) is 10.8. The molecule has 4 heteroatoms. The molecule has 2 aromatic rings. The summed E-state index contributed by atoms with van der Waals surface area (Å²) in [5, 5.41) is 8.80. The summed E-state index contributed by atoms with van der Waals surface area (Å²) < 4.78 is 0. The largest absolute Gasteiger partial charge is 0.300 e. The molecule has 1 unspecified atom stereocenters. The van der Waals surface area contributed by atoms with Crippen molar-refractivity contribution in [1.29, 1.82) is 0 Å². The summed E-state index contributed by atoms with van der Waals surface area (Å²) in [4.78, 5) is 12.7. The molecule has 0 N–H and O–H groups in total. The molecule has 0 saturated heterocycles. The molecule has 1 aromatic heterocycles. The molecule has 1 atom stereocenters. The highest BCUT2D eigenvalue weighted by atomic mass is 16.1. The van der Waals surface area contributed by atoms with Crippen molar-refractivity contribution in [1.82, 2.24) is 15.0 Å². The second kappa shape index (κ2) is 4.04. The van der Waals surface area contributed by atoms with Crippen LogP contribution in [0.3, 0.4) is 0 Å². The van der Waals surface area contributed by atoms with Crippen molar-refractivity contribution in [2.24, 2.45) is 0 Å². The quantitative estimate of drug-likeness (QED) is 0.792. The lowest BCUT2D eigenvalue weighted by atomic mass is 10.2. The van der Waals surface area contributed by atoms with Crippen molar-refractivity contribution < 1.29 is 4.79 Å². The van der Waals surface area contributed by atoms with Gasteiger partial charge in [-0.2, -0.15) is 15.0 Å². The summed E-state index contributed by atoms with van der Waals surface area (Å²) in [6, 6.07) is 5.93. The molecule has 0 aliphatic rings. The number of rotatable bonds is 3. The lowest BCUT2D eigenvalue weighted by Gasteiger charge is -2.06. The highest BCUT2D eigenvalue weighted by Gasteiger charge is 2.12. The molecule has 1 aromatic carbocycles. The maximum Gasteiger partial charge on any atom is 0.132 e. The van der Waals surface area contributed by atoms with Crippen LogP contribution in [-0.4, -0.2) is 20.8 Å². The minimum Gasteiger partial charge on any atom is -0.300 e. The van der Waals surface area contributed by atoms with E-state index in [0.29, 0.717) is 6.42 Å². The Morgan fingerprint density at radius 2 is 2.19 bits per heavy atom. The van der Waals surface area contributed by atoms with E-state index in [0.717, 1.165) is 16.6 Å². The Bertz CT molecular complexity index is 530. The average molecular weight is 217 g/mol. The predicted molar refractivity (Wildman–Crippen MR) is 62.3 cm³/mol. The molecule has 1 heterocycles. The summed E-state index contributed by atoms with van der Waals surface area (Å²) >= 11 is 0. The Morgan fingerprint density at radius 3 is 2.81 bits per heavy atom. The maximum atomic E-state index is 11.0. The Balaban J connectivity index is 2.39. The van der Waals surface area contributed by atoms with Crippen LogP contribution in [-0.2, 0) is 4.79 Å². The molecule has 0 bridgehead atoms. The van der Waals surface area contributed by atoms with E-state index in [1.54, 1.807) is 11.7 Å². The van der Waals surface area contributed by atoms with Gasteiger partial charge in [-0.15, -0.1) is 0 Å². The van der Waals surface area contributed by atoms with E-state index in [2.05, 4.69) is 10.2 Å². The van der Waals surface area contributed by atoms with Crippen LogP contribution in [0.1, 0.15) is 31.9 Å². The number of hydrogen-bond acceptors (Lipinski definition) is 3. The number of aryl methyl sites for hydroxylation is 1. The van der Waals surface area contributed by atoms with Gasteiger partial charge in [-0.05, 0) is 32.4 Å². The summed E-state index contributed by atoms with van der Waals surface area (Å²) in [6.07, 6.45) is 0.472. The van der Waals surface area contributed by atoms with E-state index in [1.165, 1.54) is 0 Å². The van der Waals surface area contributed by atoms with Crippen LogP contribution in [0.15, 0.2) is 18.2 Å². The molecular weight excluding hydrogens is 202 g/mol. The molecule has 0 spiro atoms. The fraction of sp³-hybridized carbons (Fsp3) is 0.417. The molecule has 0 radical (unpaired) electrons. The zero-order valence-electron chi connectivity index (χ0n) is 9.77. The van der Waals surface area contributed by atoms with Crippen LogP contribution in [0.25, 0.3) is 11.0 Å². The normalized spacial score (nSPS) is 12.9. The summed E-state index contributed by atoms with van der Waals surface area (Å²) in [5.41, 5.74) is 2.91. The van der Waals surface area contributed by atoms with Crippen molar-refractivity contribution in [3.63, 3.8) is 0 Å². The number of ketones is 1. The van der Waals surface area contributed by atoms with Gasteiger partial charge in [-0.25, -0.2) is 0 Å². The summed E-state index contributed by atoms with van der Waals surface area (Å²) in [7, 11) is 0. The number of carbonyl (C=O) groups is 1. The molecule has 2 rings (SSSR count). The van der Waals surface area contributed by atoms with Crippen LogP contribution in [0.2, 0.25) is 0 Å². The van der Waals surface area contributed by atoms with E-state index in [1.807, 2.05) is 32.0 Å². The van der Waals surface area contributed by atoms with Crippen LogP contribution >= 0.6 is 0 Å². The van der Waals surface area contributed by atoms with Crippen LogP contribution < -0.4 is 0 Å². The summed E-state index contributed by atoms with van der Waals surface area (Å²) in [5.74, 6) is 0.158. The van der Waals surface area contributed by atoms with Gasteiger partial charge >= 0.3 is 0 Å². The van der Waals surface area contributed by atoms with Gasteiger partial charge in [0.25, 0.3) is 0 Å². The molecule has 0 amide bonds. The topological polar surface area (TPSA) is 47.8 Å². The molecule has 0 aliphatic carbocycles. The van der Waals surface area contributed by atoms with E-state index in [4.69, 9.17) is 0 Å².